The Kier molecular flexibility index (Phi) is 3.91. The molecule has 0 aliphatic heterocycles. The predicted molar refractivity (Wildman–Crippen MR) is 90.7 cm³/mol. The standard InChI is InChI=1S/C17H12BrF2N3O2/c18-9-5-6-14-21-15-12(22-24)7-11(16(15)23(14)8-9)10-3-1-2-4-13(10)25-17(19)20/h1-6,8,11,17,24H,7H2/b22-12-. The minimum absolute atomic E-state index is 0.109. The second-order valence-corrected chi connectivity index (χ2v) is 6.56. The summed E-state index contributed by atoms with van der Waals surface area (Å²) in [4.78, 5) is 4.52. The van der Waals surface area contributed by atoms with Gasteiger partial charge in [0.25, 0.3) is 0 Å². The third-order valence-electron chi connectivity index (χ3n) is 4.25. The van der Waals surface area contributed by atoms with Gasteiger partial charge in [-0.05, 0) is 34.1 Å². The number of fused-ring (bicyclic) bond motifs is 3. The molecule has 1 aliphatic carbocycles. The summed E-state index contributed by atoms with van der Waals surface area (Å²) < 4.78 is 32.9. The number of aromatic nitrogens is 2. The zero-order valence-electron chi connectivity index (χ0n) is 12.7. The lowest BCUT2D eigenvalue weighted by Gasteiger charge is -2.16. The van der Waals surface area contributed by atoms with Crippen molar-refractivity contribution in [2.75, 3.05) is 0 Å². The second-order valence-electron chi connectivity index (χ2n) is 5.64. The van der Waals surface area contributed by atoms with Crippen LogP contribution in [0.5, 0.6) is 5.75 Å². The summed E-state index contributed by atoms with van der Waals surface area (Å²) in [6, 6.07) is 10.3. The van der Waals surface area contributed by atoms with Gasteiger partial charge in [-0.2, -0.15) is 8.78 Å². The van der Waals surface area contributed by atoms with Crippen LogP contribution in [0.4, 0.5) is 8.78 Å². The molecule has 2 aromatic heterocycles. The zero-order valence-corrected chi connectivity index (χ0v) is 14.3. The number of benzene rings is 1. The Morgan fingerprint density at radius 3 is 2.84 bits per heavy atom. The summed E-state index contributed by atoms with van der Waals surface area (Å²) in [5.74, 6) is -0.197. The molecule has 4 rings (SSSR count). The summed E-state index contributed by atoms with van der Waals surface area (Å²) in [6.45, 7) is -2.91. The molecule has 0 saturated carbocycles. The molecule has 0 spiro atoms. The van der Waals surface area contributed by atoms with E-state index in [4.69, 9.17) is 0 Å². The smallest absolute Gasteiger partial charge is 0.387 e. The van der Waals surface area contributed by atoms with E-state index in [9.17, 15) is 14.0 Å². The van der Waals surface area contributed by atoms with Gasteiger partial charge >= 0.3 is 6.61 Å². The van der Waals surface area contributed by atoms with Crippen molar-refractivity contribution < 1.29 is 18.7 Å². The van der Waals surface area contributed by atoms with Crippen LogP contribution < -0.4 is 4.74 Å². The number of oxime groups is 1. The van der Waals surface area contributed by atoms with E-state index in [-0.39, 0.29) is 11.7 Å². The summed E-state index contributed by atoms with van der Waals surface area (Å²) in [5, 5.41) is 12.7. The van der Waals surface area contributed by atoms with Crippen molar-refractivity contribution in [3.05, 3.63) is 64.0 Å². The largest absolute Gasteiger partial charge is 0.435 e. The minimum atomic E-state index is -2.91. The molecule has 1 atom stereocenters. The van der Waals surface area contributed by atoms with E-state index in [1.54, 1.807) is 18.2 Å². The van der Waals surface area contributed by atoms with E-state index in [1.165, 1.54) is 6.07 Å². The first-order chi connectivity index (χ1) is 12.1. The van der Waals surface area contributed by atoms with E-state index in [2.05, 4.69) is 30.8 Å². The Morgan fingerprint density at radius 2 is 2.08 bits per heavy atom. The highest BCUT2D eigenvalue weighted by Gasteiger charge is 2.36. The number of alkyl halides is 2. The third kappa shape index (κ3) is 2.66. The Bertz CT molecular complexity index is 987. The number of imidazole rings is 1. The van der Waals surface area contributed by atoms with Crippen molar-refractivity contribution in [3.8, 4) is 5.75 Å². The lowest BCUT2D eigenvalue weighted by molar-refractivity contribution is -0.0505. The molecule has 0 fully saturated rings. The van der Waals surface area contributed by atoms with E-state index in [0.29, 0.717) is 29.0 Å². The molecular weight excluding hydrogens is 396 g/mol. The number of pyridine rings is 1. The van der Waals surface area contributed by atoms with Gasteiger partial charge in [-0.1, -0.05) is 23.4 Å². The van der Waals surface area contributed by atoms with Crippen LogP contribution in [0.2, 0.25) is 0 Å². The highest BCUT2D eigenvalue weighted by atomic mass is 79.9. The highest BCUT2D eigenvalue weighted by Crippen LogP contribution is 2.42. The fraction of sp³-hybridized carbons (Fsp3) is 0.176. The second kappa shape index (κ2) is 6.11. The quantitative estimate of drug-likeness (QED) is 0.516. The molecule has 1 aromatic carbocycles. The highest BCUT2D eigenvalue weighted by molar-refractivity contribution is 9.10. The van der Waals surface area contributed by atoms with Gasteiger partial charge in [0.15, 0.2) is 0 Å². The summed E-state index contributed by atoms with van der Waals surface area (Å²) in [6.07, 6.45) is 2.21. The number of ether oxygens (including phenoxy) is 1. The lowest BCUT2D eigenvalue weighted by atomic mass is 9.95. The van der Waals surface area contributed by atoms with Crippen molar-refractivity contribution in [2.45, 2.75) is 19.0 Å². The fourth-order valence-electron chi connectivity index (χ4n) is 3.29. The van der Waals surface area contributed by atoms with Crippen LogP contribution >= 0.6 is 15.9 Å². The molecule has 3 aromatic rings. The zero-order chi connectivity index (χ0) is 17.6. The van der Waals surface area contributed by atoms with Crippen LogP contribution in [-0.2, 0) is 0 Å². The SMILES string of the molecule is O/N=C1/CC(c2ccccc2OC(F)F)c2c1nc1ccc(Br)cn21. The molecule has 0 bridgehead atoms. The monoisotopic (exact) mass is 407 g/mol. The number of hydrogen-bond acceptors (Lipinski definition) is 4. The van der Waals surface area contributed by atoms with E-state index >= 15 is 0 Å². The Labute approximate surface area is 149 Å². The van der Waals surface area contributed by atoms with Crippen LogP contribution in [-0.4, -0.2) is 26.9 Å². The maximum atomic E-state index is 12.8. The average molecular weight is 408 g/mol. The summed E-state index contributed by atoms with van der Waals surface area (Å²) in [5.41, 5.74) is 3.06. The number of para-hydroxylation sites is 1. The molecule has 1 unspecified atom stereocenters. The molecule has 0 amide bonds. The molecule has 2 heterocycles. The van der Waals surface area contributed by atoms with Crippen LogP contribution in [0.25, 0.3) is 5.65 Å². The molecule has 1 N–H and O–H groups in total. The number of nitrogens with zero attached hydrogens (tertiary/aromatic N) is 3. The Balaban J connectivity index is 1.93. The predicted octanol–water partition coefficient (Wildman–Crippen LogP) is 4.41. The van der Waals surface area contributed by atoms with Gasteiger partial charge in [0.05, 0.1) is 5.69 Å². The number of rotatable bonds is 3. The summed E-state index contributed by atoms with van der Waals surface area (Å²) >= 11 is 3.43. The molecule has 0 saturated heterocycles. The first-order valence-corrected chi connectivity index (χ1v) is 8.30. The van der Waals surface area contributed by atoms with Crippen molar-refractivity contribution in [3.63, 3.8) is 0 Å². The molecule has 8 heteroatoms. The summed E-state index contributed by atoms with van der Waals surface area (Å²) in [7, 11) is 0. The molecular formula is C17H12BrF2N3O2. The fourth-order valence-corrected chi connectivity index (χ4v) is 3.62. The minimum Gasteiger partial charge on any atom is -0.435 e. The molecule has 5 nitrogen and oxygen atoms in total. The average Bonchev–Trinajstić information content (AvgIpc) is 3.12. The number of halogens is 3. The van der Waals surface area contributed by atoms with Gasteiger partial charge < -0.3 is 14.3 Å². The van der Waals surface area contributed by atoms with E-state index < -0.39 is 6.61 Å². The topological polar surface area (TPSA) is 59.1 Å². The third-order valence-corrected chi connectivity index (χ3v) is 4.72. The normalized spacial score (nSPS) is 18.2. The van der Waals surface area contributed by atoms with Crippen LogP contribution in [0.1, 0.15) is 29.3 Å². The molecule has 1 aliphatic rings. The van der Waals surface area contributed by atoms with Crippen LogP contribution in [0.3, 0.4) is 0 Å². The van der Waals surface area contributed by atoms with E-state index in [0.717, 1.165) is 10.2 Å². The van der Waals surface area contributed by atoms with Gasteiger partial charge in [0, 0.05) is 28.6 Å². The van der Waals surface area contributed by atoms with Crippen LogP contribution in [0, 0.1) is 0 Å². The van der Waals surface area contributed by atoms with Crippen molar-refractivity contribution in [1.29, 1.82) is 0 Å². The van der Waals surface area contributed by atoms with Crippen molar-refractivity contribution in [1.82, 2.24) is 9.38 Å². The van der Waals surface area contributed by atoms with Crippen LogP contribution in [0.15, 0.2) is 52.2 Å². The van der Waals surface area contributed by atoms with Crippen molar-refractivity contribution >= 4 is 27.3 Å². The molecule has 128 valence electrons. The van der Waals surface area contributed by atoms with Gasteiger partial charge in [-0.25, -0.2) is 4.98 Å². The maximum Gasteiger partial charge on any atom is 0.387 e. The molecule has 25 heavy (non-hydrogen) atoms. The first-order valence-electron chi connectivity index (χ1n) is 7.51. The maximum absolute atomic E-state index is 12.8. The Hall–Kier alpha value is -2.48. The van der Waals surface area contributed by atoms with Gasteiger partial charge in [0.1, 0.15) is 22.8 Å². The van der Waals surface area contributed by atoms with Gasteiger partial charge in [0.2, 0.25) is 0 Å². The lowest BCUT2D eigenvalue weighted by Crippen LogP contribution is -2.08. The Morgan fingerprint density at radius 1 is 1.28 bits per heavy atom. The molecule has 0 radical (unpaired) electrons. The van der Waals surface area contributed by atoms with E-state index in [1.807, 2.05) is 22.7 Å². The first kappa shape index (κ1) is 16.0. The van der Waals surface area contributed by atoms with Crippen molar-refractivity contribution in [2.24, 2.45) is 5.16 Å². The van der Waals surface area contributed by atoms with Gasteiger partial charge in [-0.15, -0.1) is 0 Å². The van der Waals surface area contributed by atoms with Gasteiger partial charge in [-0.3, -0.25) is 0 Å². The number of hydrogen-bond donors (Lipinski definition) is 1.